The lowest BCUT2D eigenvalue weighted by Crippen LogP contribution is -2.16. The average Bonchev–Trinajstić information content (AvgIpc) is 2.85. The third kappa shape index (κ3) is 3.37. The Bertz CT molecular complexity index is 856. The van der Waals surface area contributed by atoms with E-state index in [2.05, 4.69) is 15.4 Å². The molecule has 2 heterocycles. The molecule has 0 aliphatic heterocycles. The summed E-state index contributed by atoms with van der Waals surface area (Å²) >= 11 is 0. The largest absolute Gasteiger partial charge is 0.490 e. The third-order valence-corrected chi connectivity index (χ3v) is 3.53. The molecular weight excluding hydrogens is 304 g/mol. The average molecular weight is 324 g/mol. The summed E-state index contributed by atoms with van der Waals surface area (Å²) in [7, 11) is 1.84. The highest BCUT2D eigenvalue weighted by molar-refractivity contribution is 6.03. The van der Waals surface area contributed by atoms with Gasteiger partial charge in [0.25, 0.3) is 0 Å². The number of aryl methyl sites for hydroxylation is 1. The number of rotatable bonds is 5. The van der Waals surface area contributed by atoms with E-state index in [-0.39, 0.29) is 18.4 Å². The predicted molar refractivity (Wildman–Crippen MR) is 93.0 cm³/mol. The van der Waals surface area contributed by atoms with Crippen molar-refractivity contribution in [2.24, 2.45) is 7.05 Å². The second kappa shape index (κ2) is 6.70. The zero-order valence-electron chi connectivity index (χ0n) is 14.0. The molecule has 124 valence electrons. The van der Waals surface area contributed by atoms with Gasteiger partial charge in [-0.25, -0.2) is 0 Å². The highest BCUT2D eigenvalue weighted by Gasteiger charge is 2.17. The number of carbonyl (C=O) groups excluding carboxylic acids is 1. The Morgan fingerprint density at radius 1 is 1.25 bits per heavy atom. The lowest BCUT2D eigenvalue weighted by Gasteiger charge is -2.11. The number of nitrogens with zero attached hydrogens (tertiary/aromatic N) is 3. The Hall–Kier alpha value is -2.89. The third-order valence-electron chi connectivity index (χ3n) is 3.53. The van der Waals surface area contributed by atoms with E-state index in [9.17, 15) is 4.79 Å². The van der Waals surface area contributed by atoms with Crippen molar-refractivity contribution >= 4 is 22.6 Å². The van der Waals surface area contributed by atoms with Gasteiger partial charge < -0.3 is 10.1 Å². The van der Waals surface area contributed by atoms with Gasteiger partial charge in [0.05, 0.1) is 23.4 Å². The van der Waals surface area contributed by atoms with Gasteiger partial charge in [0, 0.05) is 18.9 Å². The van der Waals surface area contributed by atoms with Crippen LogP contribution >= 0.6 is 0 Å². The molecule has 0 unspecified atom stereocenters. The summed E-state index contributed by atoms with van der Waals surface area (Å²) in [6, 6.07) is 11.3. The Labute approximate surface area is 140 Å². The van der Waals surface area contributed by atoms with Gasteiger partial charge >= 0.3 is 0 Å². The van der Waals surface area contributed by atoms with E-state index >= 15 is 0 Å². The molecule has 0 saturated heterocycles. The van der Waals surface area contributed by atoms with Gasteiger partial charge in [-0.05, 0) is 38.1 Å². The van der Waals surface area contributed by atoms with Crippen molar-refractivity contribution in [2.45, 2.75) is 26.4 Å². The molecule has 24 heavy (non-hydrogen) atoms. The van der Waals surface area contributed by atoms with E-state index in [0.29, 0.717) is 17.3 Å². The number of fused-ring (bicyclic) bond motifs is 1. The molecule has 3 rings (SSSR count). The number of ether oxygens (including phenoxy) is 1. The molecule has 0 spiro atoms. The second-order valence-electron chi connectivity index (χ2n) is 5.84. The molecule has 1 aromatic carbocycles. The zero-order chi connectivity index (χ0) is 17.1. The van der Waals surface area contributed by atoms with E-state index in [1.807, 2.05) is 57.3 Å². The molecule has 6 heteroatoms. The molecule has 0 bridgehead atoms. The summed E-state index contributed by atoms with van der Waals surface area (Å²) in [5.74, 6) is 1.06. The molecular formula is C18H20N4O2. The lowest BCUT2D eigenvalue weighted by molar-refractivity contribution is -0.115. The number of pyridine rings is 1. The van der Waals surface area contributed by atoms with Crippen molar-refractivity contribution in [2.75, 3.05) is 5.32 Å². The SMILES string of the molecule is CC(C)Oc1cccc2c1c(NC(=O)Cc1ccccn1)nn2C. The standard InChI is InChI=1S/C18H20N4O2/c1-12(2)24-15-9-6-8-14-17(15)18(21-22(14)3)20-16(23)11-13-7-4-5-10-19-13/h4-10,12H,11H2,1-3H3,(H,20,21,23). The van der Waals surface area contributed by atoms with E-state index in [0.717, 1.165) is 10.9 Å². The number of hydrogen-bond donors (Lipinski definition) is 1. The number of aromatic nitrogens is 3. The first-order valence-electron chi connectivity index (χ1n) is 7.86. The maximum absolute atomic E-state index is 12.3. The first-order chi connectivity index (χ1) is 11.5. The minimum atomic E-state index is -0.159. The van der Waals surface area contributed by atoms with Crippen LogP contribution in [0.15, 0.2) is 42.6 Å². The van der Waals surface area contributed by atoms with Crippen LogP contribution in [0.1, 0.15) is 19.5 Å². The van der Waals surface area contributed by atoms with Gasteiger partial charge in [0.2, 0.25) is 5.91 Å². The first kappa shape index (κ1) is 16.0. The number of hydrogen-bond acceptors (Lipinski definition) is 4. The highest BCUT2D eigenvalue weighted by atomic mass is 16.5. The monoisotopic (exact) mass is 324 g/mol. The van der Waals surface area contributed by atoms with E-state index in [4.69, 9.17) is 4.74 Å². The van der Waals surface area contributed by atoms with E-state index < -0.39 is 0 Å². The van der Waals surface area contributed by atoms with Gasteiger partial charge in [-0.1, -0.05) is 12.1 Å². The molecule has 1 amide bonds. The van der Waals surface area contributed by atoms with Crippen LogP contribution in [-0.4, -0.2) is 26.8 Å². The van der Waals surface area contributed by atoms with Crippen molar-refractivity contribution in [1.82, 2.24) is 14.8 Å². The fraction of sp³-hybridized carbons (Fsp3) is 0.278. The van der Waals surface area contributed by atoms with Crippen LogP contribution in [0.25, 0.3) is 10.9 Å². The molecule has 3 aromatic rings. The molecule has 0 atom stereocenters. The highest BCUT2D eigenvalue weighted by Crippen LogP contribution is 2.32. The van der Waals surface area contributed by atoms with Crippen LogP contribution < -0.4 is 10.1 Å². The topological polar surface area (TPSA) is 69.0 Å². The quantitative estimate of drug-likeness (QED) is 0.783. The molecule has 0 aliphatic rings. The number of nitrogens with one attached hydrogen (secondary N) is 1. The fourth-order valence-corrected chi connectivity index (χ4v) is 2.56. The van der Waals surface area contributed by atoms with Crippen LogP contribution in [-0.2, 0) is 18.3 Å². The summed E-state index contributed by atoms with van der Waals surface area (Å²) in [5.41, 5.74) is 1.62. The van der Waals surface area contributed by atoms with Crippen LogP contribution in [0.2, 0.25) is 0 Å². The predicted octanol–water partition coefficient (Wildman–Crippen LogP) is 2.94. The maximum Gasteiger partial charge on any atom is 0.231 e. The molecule has 0 aliphatic carbocycles. The summed E-state index contributed by atoms with van der Waals surface area (Å²) < 4.78 is 7.60. The number of carbonyl (C=O) groups is 1. The van der Waals surface area contributed by atoms with Crippen molar-refractivity contribution in [3.8, 4) is 5.75 Å². The minimum Gasteiger partial charge on any atom is -0.490 e. The van der Waals surface area contributed by atoms with Gasteiger partial charge in [0.1, 0.15) is 5.75 Å². The van der Waals surface area contributed by atoms with Crippen molar-refractivity contribution in [3.05, 3.63) is 48.3 Å². The molecule has 0 radical (unpaired) electrons. The normalized spacial score (nSPS) is 11.0. The molecule has 6 nitrogen and oxygen atoms in total. The number of anilines is 1. The maximum atomic E-state index is 12.3. The van der Waals surface area contributed by atoms with Crippen molar-refractivity contribution < 1.29 is 9.53 Å². The first-order valence-corrected chi connectivity index (χ1v) is 7.86. The Kier molecular flexibility index (Phi) is 4.46. The summed E-state index contributed by atoms with van der Waals surface area (Å²) in [4.78, 5) is 16.5. The van der Waals surface area contributed by atoms with Crippen LogP contribution in [0.3, 0.4) is 0 Å². The summed E-state index contributed by atoms with van der Waals surface area (Å²) in [6.45, 7) is 3.93. The summed E-state index contributed by atoms with van der Waals surface area (Å²) in [5, 5.41) is 8.11. The zero-order valence-corrected chi connectivity index (χ0v) is 14.0. The Balaban J connectivity index is 1.90. The fourth-order valence-electron chi connectivity index (χ4n) is 2.56. The second-order valence-corrected chi connectivity index (χ2v) is 5.84. The molecule has 2 aromatic heterocycles. The van der Waals surface area contributed by atoms with Crippen molar-refractivity contribution in [3.63, 3.8) is 0 Å². The Morgan fingerprint density at radius 3 is 2.79 bits per heavy atom. The van der Waals surface area contributed by atoms with Crippen LogP contribution in [0.4, 0.5) is 5.82 Å². The van der Waals surface area contributed by atoms with Gasteiger partial charge in [-0.15, -0.1) is 0 Å². The molecule has 0 saturated carbocycles. The number of amides is 1. The van der Waals surface area contributed by atoms with E-state index in [1.165, 1.54) is 0 Å². The van der Waals surface area contributed by atoms with Crippen LogP contribution in [0.5, 0.6) is 5.75 Å². The lowest BCUT2D eigenvalue weighted by atomic mass is 10.2. The van der Waals surface area contributed by atoms with Crippen LogP contribution in [0, 0.1) is 0 Å². The number of benzene rings is 1. The smallest absolute Gasteiger partial charge is 0.231 e. The van der Waals surface area contributed by atoms with Gasteiger partial charge in [0.15, 0.2) is 5.82 Å². The van der Waals surface area contributed by atoms with Crippen molar-refractivity contribution in [1.29, 1.82) is 0 Å². The minimum absolute atomic E-state index is 0.0351. The Morgan fingerprint density at radius 2 is 2.08 bits per heavy atom. The molecule has 1 N–H and O–H groups in total. The van der Waals surface area contributed by atoms with Gasteiger partial charge in [-0.3, -0.25) is 14.5 Å². The summed E-state index contributed by atoms with van der Waals surface area (Å²) in [6.07, 6.45) is 1.91. The molecule has 0 fully saturated rings. The van der Waals surface area contributed by atoms with Gasteiger partial charge in [-0.2, -0.15) is 5.10 Å². The van der Waals surface area contributed by atoms with E-state index in [1.54, 1.807) is 10.9 Å².